The number of aromatic hydroxyl groups is 1. The van der Waals surface area contributed by atoms with Crippen LogP contribution in [0.2, 0.25) is 5.02 Å². The van der Waals surface area contributed by atoms with Crippen LogP contribution in [-0.2, 0) is 11.3 Å². The number of phenolic OH excluding ortho intramolecular Hbond substituents is 1. The minimum Gasteiger partial charge on any atom is -0.508 e. The van der Waals surface area contributed by atoms with Gasteiger partial charge >= 0.3 is 5.97 Å². The Kier molecular flexibility index (Phi) is 6.15. The molecule has 31 heavy (non-hydrogen) atoms. The van der Waals surface area contributed by atoms with Crippen LogP contribution in [0.25, 0.3) is 11.3 Å². The average Bonchev–Trinajstić information content (AvgIpc) is 3.27. The highest BCUT2D eigenvalue weighted by Crippen LogP contribution is 2.24. The zero-order chi connectivity index (χ0) is 21.6. The van der Waals surface area contributed by atoms with Crippen LogP contribution in [0.5, 0.6) is 5.75 Å². The van der Waals surface area contributed by atoms with Gasteiger partial charge in [0.05, 0.1) is 17.5 Å². The standard InChI is InChI=1S/C25H18ClNO4/c26-23-7-2-1-4-19(23)16-30-25(29)18-6-3-5-17(14-18)24-13-12-22(31-24)15-27-20-8-10-21(28)11-9-20/h1-15,28H,16H2. The predicted octanol–water partition coefficient (Wildman–Crippen LogP) is 6.41. The molecule has 0 bridgehead atoms. The van der Waals surface area contributed by atoms with Gasteiger partial charge in [-0.25, -0.2) is 4.79 Å². The highest BCUT2D eigenvalue weighted by molar-refractivity contribution is 6.31. The van der Waals surface area contributed by atoms with E-state index < -0.39 is 5.97 Å². The number of hydrogen-bond acceptors (Lipinski definition) is 5. The molecule has 5 nitrogen and oxygen atoms in total. The van der Waals surface area contributed by atoms with Crippen molar-refractivity contribution in [2.75, 3.05) is 0 Å². The van der Waals surface area contributed by atoms with E-state index >= 15 is 0 Å². The van der Waals surface area contributed by atoms with Gasteiger partial charge in [0.25, 0.3) is 0 Å². The van der Waals surface area contributed by atoms with Crippen molar-refractivity contribution in [3.05, 3.63) is 107 Å². The lowest BCUT2D eigenvalue weighted by Crippen LogP contribution is -2.05. The van der Waals surface area contributed by atoms with E-state index in [-0.39, 0.29) is 12.4 Å². The molecule has 1 aromatic heterocycles. The van der Waals surface area contributed by atoms with Crippen LogP contribution in [0.15, 0.2) is 94.3 Å². The van der Waals surface area contributed by atoms with Crippen LogP contribution in [0, 0.1) is 0 Å². The highest BCUT2D eigenvalue weighted by Gasteiger charge is 2.11. The smallest absolute Gasteiger partial charge is 0.338 e. The second kappa shape index (κ2) is 9.32. The summed E-state index contributed by atoms with van der Waals surface area (Å²) in [5.74, 6) is 0.912. The molecule has 0 atom stereocenters. The molecule has 3 aromatic carbocycles. The maximum atomic E-state index is 12.5. The number of nitrogens with zero attached hydrogens (tertiary/aromatic N) is 1. The number of aliphatic imine (C=N–C) groups is 1. The first-order valence-corrected chi connectivity index (χ1v) is 9.90. The zero-order valence-electron chi connectivity index (χ0n) is 16.4. The maximum Gasteiger partial charge on any atom is 0.338 e. The lowest BCUT2D eigenvalue weighted by Gasteiger charge is -2.07. The fourth-order valence-corrected chi connectivity index (χ4v) is 3.09. The van der Waals surface area contributed by atoms with Crippen molar-refractivity contribution in [1.82, 2.24) is 0 Å². The van der Waals surface area contributed by atoms with Crippen molar-refractivity contribution in [3.63, 3.8) is 0 Å². The molecule has 0 saturated carbocycles. The van der Waals surface area contributed by atoms with Crippen LogP contribution < -0.4 is 0 Å². The molecule has 1 heterocycles. The summed E-state index contributed by atoms with van der Waals surface area (Å²) in [6.07, 6.45) is 1.59. The quantitative estimate of drug-likeness (QED) is 0.282. The van der Waals surface area contributed by atoms with Crippen molar-refractivity contribution < 1.29 is 19.1 Å². The van der Waals surface area contributed by atoms with E-state index in [1.54, 1.807) is 60.8 Å². The number of benzene rings is 3. The monoisotopic (exact) mass is 431 g/mol. The first-order chi connectivity index (χ1) is 15.1. The van der Waals surface area contributed by atoms with E-state index in [1.807, 2.05) is 30.3 Å². The van der Waals surface area contributed by atoms with Crippen molar-refractivity contribution in [3.8, 4) is 17.1 Å². The molecule has 0 unspecified atom stereocenters. The number of phenols is 1. The summed E-state index contributed by atoms with van der Waals surface area (Å²) in [5, 5.41) is 9.88. The van der Waals surface area contributed by atoms with E-state index in [1.165, 1.54) is 0 Å². The summed E-state index contributed by atoms with van der Waals surface area (Å²) < 4.78 is 11.2. The lowest BCUT2D eigenvalue weighted by molar-refractivity contribution is 0.0473. The van der Waals surface area contributed by atoms with Crippen LogP contribution in [0.1, 0.15) is 21.7 Å². The summed E-state index contributed by atoms with van der Waals surface area (Å²) in [4.78, 5) is 16.8. The maximum absolute atomic E-state index is 12.5. The van der Waals surface area contributed by atoms with Gasteiger partial charge in [0.15, 0.2) is 0 Å². The van der Waals surface area contributed by atoms with Gasteiger partial charge in [-0.2, -0.15) is 0 Å². The number of hydrogen-bond donors (Lipinski definition) is 1. The predicted molar refractivity (Wildman–Crippen MR) is 120 cm³/mol. The van der Waals surface area contributed by atoms with E-state index in [0.717, 1.165) is 11.1 Å². The minimum atomic E-state index is -0.442. The molecule has 4 aromatic rings. The van der Waals surface area contributed by atoms with E-state index in [4.69, 9.17) is 20.8 Å². The van der Waals surface area contributed by atoms with Crippen molar-refractivity contribution in [2.24, 2.45) is 4.99 Å². The van der Waals surface area contributed by atoms with Crippen molar-refractivity contribution in [1.29, 1.82) is 0 Å². The molecular weight excluding hydrogens is 414 g/mol. The molecule has 0 radical (unpaired) electrons. The first kappa shape index (κ1) is 20.4. The topological polar surface area (TPSA) is 72.0 Å². The Bertz CT molecular complexity index is 1230. The number of furan rings is 1. The fraction of sp³-hybridized carbons (Fsp3) is 0.0400. The molecular formula is C25H18ClNO4. The zero-order valence-corrected chi connectivity index (χ0v) is 17.1. The molecule has 6 heteroatoms. The normalized spacial score (nSPS) is 11.0. The van der Waals surface area contributed by atoms with Crippen LogP contribution in [-0.4, -0.2) is 17.3 Å². The third-order valence-corrected chi connectivity index (χ3v) is 4.89. The van der Waals surface area contributed by atoms with Crippen LogP contribution in [0.3, 0.4) is 0 Å². The summed E-state index contributed by atoms with van der Waals surface area (Å²) in [6, 6.07) is 24.4. The van der Waals surface area contributed by atoms with Gasteiger partial charge in [-0.1, -0.05) is 41.9 Å². The van der Waals surface area contributed by atoms with Gasteiger partial charge in [0, 0.05) is 16.1 Å². The largest absolute Gasteiger partial charge is 0.508 e. The van der Waals surface area contributed by atoms with Gasteiger partial charge < -0.3 is 14.3 Å². The Morgan fingerprint density at radius 3 is 2.61 bits per heavy atom. The Balaban J connectivity index is 1.45. The number of esters is 1. The van der Waals surface area contributed by atoms with E-state index in [9.17, 15) is 9.90 Å². The Hall–Kier alpha value is -3.83. The Morgan fingerprint density at radius 2 is 1.81 bits per heavy atom. The number of carbonyl (C=O) groups is 1. The molecule has 1 N–H and O–H groups in total. The highest BCUT2D eigenvalue weighted by atomic mass is 35.5. The van der Waals surface area contributed by atoms with Gasteiger partial charge in [-0.15, -0.1) is 0 Å². The van der Waals surface area contributed by atoms with Gasteiger partial charge in [0.2, 0.25) is 0 Å². The van der Waals surface area contributed by atoms with Crippen molar-refractivity contribution >= 4 is 29.5 Å². The Labute approximate surface area is 184 Å². The van der Waals surface area contributed by atoms with Gasteiger partial charge in [-0.3, -0.25) is 4.99 Å². The first-order valence-electron chi connectivity index (χ1n) is 9.52. The van der Waals surface area contributed by atoms with Crippen molar-refractivity contribution in [2.45, 2.75) is 6.61 Å². The number of ether oxygens (including phenoxy) is 1. The Morgan fingerprint density at radius 1 is 1.00 bits per heavy atom. The molecule has 0 saturated heterocycles. The second-order valence-electron chi connectivity index (χ2n) is 6.72. The van der Waals surface area contributed by atoms with E-state index in [0.29, 0.717) is 27.8 Å². The molecule has 0 amide bonds. The number of rotatable bonds is 6. The molecule has 0 aliphatic heterocycles. The van der Waals surface area contributed by atoms with Gasteiger partial charge in [-0.05, 0) is 54.6 Å². The lowest BCUT2D eigenvalue weighted by atomic mass is 10.1. The summed E-state index contributed by atoms with van der Waals surface area (Å²) in [6.45, 7) is 0.0986. The molecule has 4 rings (SSSR count). The SMILES string of the molecule is O=C(OCc1ccccc1Cl)c1cccc(-c2ccc(C=Nc3ccc(O)cc3)o2)c1. The molecule has 0 aliphatic carbocycles. The third-order valence-electron chi connectivity index (χ3n) is 4.52. The van der Waals surface area contributed by atoms with Crippen LogP contribution in [0.4, 0.5) is 5.69 Å². The molecule has 0 fully saturated rings. The minimum absolute atomic E-state index is 0.0986. The summed E-state index contributed by atoms with van der Waals surface area (Å²) in [7, 11) is 0. The molecule has 0 spiro atoms. The summed E-state index contributed by atoms with van der Waals surface area (Å²) >= 11 is 6.11. The third kappa shape index (κ3) is 5.21. The van der Waals surface area contributed by atoms with E-state index in [2.05, 4.69) is 4.99 Å². The summed E-state index contributed by atoms with van der Waals surface area (Å²) in [5.41, 5.74) is 2.60. The molecule has 0 aliphatic rings. The number of carbonyl (C=O) groups excluding carboxylic acids is 1. The van der Waals surface area contributed by atoms with Crippen LogP contribution >= 0.6 is 11.6 Å². The average molecular weight is 432 g/mol. The molecule has 154 valence electrons. The number of halogens is 1. The fourth-order valence-electron chi connectivity index (χ4n) is 2.90. The van der Waals surface area contributed by atoms with Gasteiger partial charge in [0.1, 0.15) is 23.9 Å². The second-order valence-corrected chi connectivity index (χ2v) is 7.13.